The number of anilines is 2. The number of benzene rings is 1. The highest BCUT2D eigenvalue weighted by atomic mass is 79.9. The normalized spacial score (nSPS) is 11.0. The molecule has 21 heavy (non-hydrogen) atoms. The Balaban J connectivity index is 2.08. The van der Waals surface area contributed by atoms with Gasteiger partial charge in [-0.2, -0.15) is 0 Å². The van der Waals surface area contributed by atoms with Crippen molar-refractivity contribution in [1.82, 2.24) is 0 Å². The smallest absolute Gasteiger partial charge is 0.265 e. The fourth-order valence-electron chi connectivity index (χ4n) is 1.55. The number of halogens is 1. The molecule has 0 fully saturated rings. The molecule has 2 aromatic rings. The maximum Gasteiger partial charge on any atom is 0.265 e. The number of nitrogens with one attached hydrogen (secondary N) is 2. The van der Waals surface area contributed by atoms with Gasteiger partial charge in [-0.15, -0.1) is 11.3 Å². The largest absolute Gasteiger partial charge is 0.325 e. The summed E-state index contributed by atoms with van der Waals surface area (Å²) in [5, 5.41) is 7.45. The van der Waals surface area contributed by atoms with Crippen LogP contribution in [0.4, 0.5) is 11.4 Å². The lowest BCUT2D eigenvalue weighted by Crippen LogP contribution is -2.30. The maximum absolute atomic E-state index is 12.0. The van der Waals surface area contributed by atoms with E-state index < -0.39 is 4.32 Å². The summed E-state index contributed by atoms with van der Waals surface area (Å²) >= 11 is 4.69. The van der Waals surface area contributed by atoms with E-state index in [-0.39, 0.29) is 11.8 Å². The van der Waals surface area contributed by atoms with Crippen molar-refractivity contribution < 1.29 is 9.59 Å². The van der Waals surface area contributed by atoms with E-state index in [1.165, 1.54) is 11.3 Å². The summed E-state index contributed by atoms with van der Waals surface area (Å²) in [5.41, 5.74) is 1.27. The second-order valence-corrected chi connectivity index (χ2v) is 7.87. The van der Waals surface area contributed by atoms with E-state index in [2.05, 4.69) is 26.6 Å². The van der Waals surface area contributed by atoms with E-state index in [1.807, 2.05) is 11.4 Å². The molecule has 2 rings (SSSR count). The molecular formula is C15H15BrN2O2S. The van der Waals surface area contributed by atoms with E-state index in [4.69, 9.17) is 0 Å². The van der Waals surface area contributed by atoms with Gasteiger partial charge in [-0.25, -0.2) is 0 Å². The highest BCUT2D eigenvalue weighted by molar-refractivity contribution is 9.10. The number of hydrogen-bond donors (Lipinski definition) is 2. The standard InChI is InChI=1S/C15H15BrN2O2S/c1-15(2,16)14(20)18-11-6-3-5-10(9-11)17-13(19)12-7-4-8-21-12/h3-9H,1-2H3,(H,17,19)(H,18,20). The van der Waals surface area contributed by atoms with Crippen LogP contribution in [0.25, 0.3) is 0 Å². The van der Waals surface area contributed by atoms with Gasteiger partial charge in [0.2, 0.25) is 5.91 Å². The Kier molecular flexibility index (Phi) is 4.80. The van der Waals surface area contributed by atoms with Gasteiger partial charge in [0.05, 0.1) is 9.20 Å². The molecule has 0 aliphatic heterocycles. The van der Waals surface area contributed by atoms with Crippen LogP contribution in [0, 0.1) is 0 Å². The van der Waals surface area contributed by atoms with Crippen LogP contribution in [0.1, 0.15) is 23.5 Å². The van der Waals surface area contributed by atoms with Crippen LogP contribution >= 0.6 is 27.3 Å². The number of carbonyl (C=O) groups excluding carboxylic acids is 2. The lowest BCUT2D eigenvalue weighted by atomic mass is 10.2. The first-order valence-electron chi connectivity index (χ1n) is 6.31. The van der Waals surface area contributed by atoms with Gasteiger partial charge < -0.3 is 10.6 Å². The first-order valence-corrected chi connectivity index (χ1v) is 7.99. The molecule has 0 aliphatic rings. The molecule has 0 saturated carbocycles. The van der Waals surface area contributed by atoms with Crippen molar-refractivity contribution in [3.8, 4) is 0 Å². The average molecular weight is 367 g/mol. The molecule has 0 unspecified atom stereocenters. The second kappa shape index (κ2) is 6.41. The number of hydrogen-bond acceptors (Lipinski definition) is 3. The minimum atomic E-state index is -0.650. The molecule has 110 valence electrons. The van der Waals surface area contributed by atoms with E-state index in [0.717, 1.165) is 0 Å². The molecule has 1 heterocycles. The van der Waals surface area contributed by atoms with Gasteiger partial charge >= 0.3 is 0 Å². The molecule has 0 spiro atoms. The van der Waals surface area contributed by atoms with Gasteiger partial charge in [0.15, 0.2) is 0 Å². The predicted octanol–water partition coefficient (Wildman–Crippen LogP) is 4.11. The third-order valence-corrected chi connectivity index (χ3v) is 3.89. The van der Waals surface area contributed by atoms with Crippen LogP contribution in [0.5, 0.6) is 0 Å². The highest BCUT2D eigenvalue weighted by Gasteiger charge is 2.23. The second-order valence-electron chi connectivity index (χ2n) is 4.94. The summed E-state index contributed by atoms with van der Waals surface area (Å²) in [6, 6.07) is 10.6. The van der Waals surface area contributed by atoms with E-state index in [9.17, 15) is 9.59 Å². The topological polar surface area (TPSA) is 58.2 Å². The van der Waals surface area contributed by atoms with Crippen LogP contribution < -0.4 is 10.6 Å². The Morgan fingerprint density at radius 3 is 2.33 bits per heavy atom. The highest BCUT2D eigenvalue weighted by Crippen LogP contribution is 2.21. The van der Waals surface area contributed by atoms with Gasteiger partial charge in [0.1, 0.15) is 0 Å². The molecule has 2 N–H and O–H groups in total. The van der Waals surface area contributed by atoms with E-state index in [1.54, 1.807) is 44.2 Å². The minimum absolute atomic E-state index is 0.149. The number of rotatable bonds is 4. The van der Waals surface area contributed by atoms with Crippen LogP contribution in [-0.2, 0) is 4.79 Å². The molecular weight excluding hydrogens is 352 g/mol. The van der Waals surface area contributed by atoms with Crippen molar-refractivity contribution in [1.29, 1.82) is 0 Å². The van der Waals surface area contributed by atoms with Crippen molar-refractivity contribution in [2.45, 2.75) is 18.2 Å². The van der Waals surface area contributed by atoms with Crippen molar-refractivity contribution in [3.05, 3.63) is 46.7 Å². The fourth-order valence-corrected chi connectivity index (χ4v) is 2.27. The van der Waals surface area contributed by atoms with Crippen molar-refractivity contribution in [2.75, 3.05) is 10.6 Å². The maximum atomic E-state index is 12.0. The first-order chi connectivity index (χ1) is 9.86. The van der Waals surface area contributed by atoms with Crippen LogP contribution in [0.15, 0.2) is 41.8 Å². The van der Waals surface area contributed by atoms with Gasteiger partial charge in [0.25, 0.3) is 5.91 Å². The average Bonchev–Trinajstić information content (AvgIpc) is 2.91. The molecule has 6 heteroatoms. The predicted molar refractivity (Wildman–Crippen MR) is 90.3 cm³/mol. The van der Waals surface area contributed by atoms with Crippen molar-refractivity contribution in [3.63, 3.8) is 0 Å². The fraction of sp³-hybridized carbons (Fsp3) is 0.200. The summed E-state index contributed by atoms with van der Waals surface area (Å²) in [4.78, 5) is 24.5. The molecule has 0 bridgehead atoms. The summed E-state index contributed by atoms with van der Waals surface area (Å²) < 4.78 is -0.650. The molecule has 0 atom stereocenters. The molecule has 1 aromatic carbocycles. The Morgan fingerprint density at radius 2 is 1.76 bits per heavy atom. The van der Waals surface area contributed by atoms with Crippen LogP contribution in [-0.4, -0.2) is 16.1 Å². The molecule has 1 aromatic heterocycles. The minimum Gasteiger partial charge on any atom is -0.325 e. The molecule has 2 amide bonds. The van der Waals surface area contributed by atoms with Crippen LogP contribution in [0.3, 0.4) is 0 Å². The molecule has 4 nitrogen and oxygen atoms in total. The summed E-state index contributed by atoms with van der Waals surface area (Å²) in [6.07, 6.45) is 0. The SMILES string of the molecule is CC(C)(Br)C(=O)Nc1cccc(NC(=O)c2cccs2)c1. The summed E-state index contributed by atoms with van der Waals surface area (Å²) in [5.74, 6) is -0.307. The summed E-state index contributed by atoms with van der Waals surface area (Å²) in [7, 11) is 0. The quantitative estimate of drug-likeness (QED) is 0.799. The third-order valence-electron chi connectivity index (χ3n) is 2.66. The first kappa shape index (κ1) is 15.7. The molecule has 0 radical (unpaired) electrons. The Bertz CT molecular complexity index is 648. The van der Waals surface area contributed by atoms with Gasteiger partial charge in [-0.3, -0.25) is 9.59 Å². The van der Waals surface area contributed by atoms with Gasteiger partial charge in [0, 0.05) is 11.4 Å². The van der Waals surface area contributed by atoms with Gasteiger partial charge in [-0.1, -0.05) is 28.1 Å². The lowest BCUT2D eigenvalue weighted by molar-refractivity contribution is -0.117. The van der Waals surface area contributed by atoms with E-state index in [0.29, 0.717) is 16.3 Å². The lowest BCUT2D eigenvalue weighted by Gasteiger charge is -2.16. The van der Waals surface area contributed by atoms with Crippen molar-refractivity contribution >= 4 is 50.5 Å². The summed E-state index contributed by atoms with van der Waals surface area (Å²) in [6.45, 7) is 3.54. The van der Waals surface area contributed by atoms with Crippen molar-refractivity contribution in [2.24, 2.45) is 0 Å². The number of alkyl halides is 1. The zero-order chi connectivity index (χ0) is 15.5. The Labute approximate surface area is 135 Å². The Hall–Kier alpha value is -1.66. The van der Waals surface area contributed by atoms with Gasteiger partial charge in [-0.05, 0) is 43.5 Å². The Morgan fingerprint density at radius 1 is 1.10 bits per heavy atom. The monoisotopic (exact) mass is 366 g/mol. The molecule has 0 saturated heterocycles. The zero-order valence-electron chi connectivity index (χ0n) is 11.6. The number of amides is 2. The van der Waals surface area contributed by atoms with Crippen LogP contribution in [0.2, 0.25) is 0 Å². The van der Waals surface area contributed by atoms with E-state index >= 15 is 0 Å². The number of carbonyl (C=O) groups is 2. The molecule has 0 aliphatic carbocycles. The zero-order valence-corrected chi connectivity index (χ0v) is 14.0. The third kappa shape index (κ3) is 4.41. The number of thiophene rings is 1.